The van der Waals surface area contributed by atoms with Crippen molar-refractivity contribution < 1.29 is 4.39 Å². The highest BCUT2D eigenvalue weighted by atomic mass is 35.5. The number of nitrogens with one attached hydrogen (secondary N) is 1. The topological polar surface area (TPSA) is 42.2 Å². The van der Waals surface area contributed by atoms with E-state index >= 15 is 0 Å². The van der Waals surface area contributed by atoms with Crippen LogP contribution >= 0.6 is 11.6 Å². The SMILES string of the molecule is C[C@H](Nc1ccn2ncc(-c3cccc(Cl)c3)c2n1)c1ccc(F)cc1. The van der Waals surface area contributed by atoms with E-state index < -0.39 is 0 Å². The third-order valence-corrected chi connectivity index (χ3v) is 4.47. The molecule has 1 N–H and O–H groups in total. The molecule has 0 amide bonds. The maximum absolute atomic E-state index is 13.1. The summed E-state index contributed by atoms with van der Waals surface area (Å²) in [6.07, 6.45) is 3.64. The van der Waals surface area contributed by atoms with Gasteiger partial charge in [0.2, 0.25) is 0 Å². The zero-order valence-electron chi connectivity index (χ0n) is 14.0. The molecule has 4 aromatic rings. The first-order valence-corrected chi connectivity index (χ1v) is 8.60. The van der Waals surface area contributed by atoms with Crippen LogP contribution in [0, 0.1) is 5.82 Å². The Hall–Kier alpha value is -2.92. The summed E-state index contributed by atoms with van der Waals surface area (Å²) in [6, 6.07) is 15.9. The van der Waals surface area contributed by atoms with Crippen molar-refractivity contribution in [2.45, 2.75) is 13.0 Å². The van der Waals surface area contributed by atoms with Crippen molar-refractivity contribution >= 4 is 23.1 Å². The first-order valence-electron chi connectivity index (χ1n) is 8.22. The molecule has 2 aromatic heterocycles. The summed E-state index contributed by atoms with van der Waals surface area (Å²) < 4.78 is 14.8. The quantitative estimate of drug-likeness (QED) is 0.528. The molecule has 4 rings (SSSR count). The third-order valence-electron chi connectivity index (χ3n) is 4.24. The van der Waals surface area contributed by atoms with Crippen LogP contribution in [0.1, 0.15) is 18.5 Å². The average Bonchev–Trinajstić information content (AvgIpc) is 3.05. The highest BCUT2D eigenvalue weighted by Crippen LogP contribution is 2.27. The first-order chi connectivity index (χ1) is 12.6. The monoisotopic (exact) mass is 366 g/mol. The number of anilines is 1. The van der Waals surface area contributed by atoms with Gasteiger partial charge in [-0.05, 0) is 48.4 Å². The van der Waals surface area contributed by atoms with Crippen molar-refractivity contribution in [2.75, 3.05) is 5.32 Å². The molecule has 0 spiro atoms. The maximum atomic E-state index is 13.1. The summed E-state index contributed by atoms with van der Waals surface area (Å²) >= 11 is 6.11. The van der Waals surface area contributed by atoms with Crippen LogP contribution in [0.25, 0.3) is 16.8 Å². The molecule has 0 aliphatic rings. The largest absolute Gasteiger partial charge is 0.363 e. The molecule has 130 valence electrons. The Morgan fingerprint density at radius 1 is 1.12 bits per heavy atom. The molecule has 2 aromatic carbocycles. The molecule has 0 aliphatic carbocycles. The molecule has 0 aliphatic heterocycles. The molecular formula is C20H16ClFN4. The highest BCUT2D eigenvalue weighted by Gasteiger charge is 2.11. The van der Waals surface area contributed by atoms with E-state index in [2.05, 4.69) is 10.4 Å². The van der Waals surface area contributed by atoms with Gasteiger partial charge in [0, 0.05) is 22.8 Å². The smallest absolute Gasteiger partial charge is 0.165 e. The number of fused-ring (bicyclic) bond motifs is 1. The Balaban J connectivity index is 1.66. The molecule has 0 saturated heterocycles. The molecule has 0 bridgehead atoms. The highest BCUT2D eigenvalue weighted by molar-refractivity contribution is 6.30. The van der Waals surface area contributed by atoms with Crippen LogP contribution < -0.4 is 5.32 Å². The van der Waals surface area contributed by atoms with Crippen molar-refractivity contribution in [2.24, 2.45) is 0 Å². The fraction of sp³-hybridized carbons (Fsp3) is 0.100. The second-order valence-corrected chi connectivity index (χ2v) is 6.50. The normalized spacial score (nSPS) is 12.3. The van der Waals surface area contributed by atoms with E-state index in [1.165, 1.54) is 12.1 Å². The fourth-order valence-electron chi connectivity index (χ4n) is 2.87. The summed E-state index contributed by atoms with van der Waals surface area (Å²) in [5, 5.41) is 8.37. The summed E-state index contributed by atoms with van der Waals surface area (Å²) in [5.41, 5.74) is 3.59. The van der Waals surface area contributed by atoms with Crippen molar-refractivity contribution in [3.63, 3.8) is 0 Å². The molecule has 0 fully saturated rings. The molecule has 1 atom stereocenters. The number of aromatic nitrogens is 3. The predicted molar refractivity (Wildman–Crippen MR) is 102 cm³/mol. The molecule has 0 saturated carbocycles. The van der Waals surface area contributed by atoms with Gasteiger partial charge in [0.25, 0.3) is 0 Å². The van der Waals surface area contributed by atoms with Gasteiger partial charge in [-0.3, -0.25) is 0 Å². The van der Waals surface area contributed by atoms with Crippen LogP contribution in [0.2, 0.25) is 5.02 Å². The zero-order valence-corrected chi connectivity index (χ0v) is 14.8. The van der Waals surface area contributed by atoms with Crippen LogP contribution in [0.4, 0.5) is 10.2 Å². The second kappa shape index (κ2) is 6.77. The van der Waals surface area contributed by atoms with Gasteiger partial charge in [-0.1, -0.05) is 35.9 Å². The van der Waals surface area contributed by atoms with Crippen LogP contribution in [-0.4, -0.2) is 14.6 Å². The van der Waals surface area contributed by atoms with E-state index in [-0.39, 0.29) is 11.9 Å². The molecule has 0 unspecified atom stereocenters. The van der Waals surface area contributed by atoms with Crippen molar-refractivity contribution in [1.82, 2.24) is 14.6 Å². The van der Waals surface area contributed by atoms with Gasteiger partial charge in [-0.25, -0.2) is 13.9 Å². The third kappa shape index (κ3) is 3.26. The summed E-state index contributed by atoms with van der Waals surface area (Å²) in [4.78, 5) is 4.70. The summed E-state index contributed by atoms with van der Waals surface area (Å²) in [7, 11) is 0. The number of rotatable bonds is 4. The lowest BCUT2D eigenvalue weighted by atomic mass is 10.1. The minimum Gasteiger partial charge on any atom is -0.363 e. The minimum atomic E-state index is -0.245. The zero-order chi connectivity index (χ0) is 18.1. The summed E-state index contributed by atoms with van der Waals surface area (Å²) in [5.74, 6) is 0.476. The standard InChI is InChI=1S/C20H16ClFN4/c1-13(14-5-7-17(22)8-6-14)24-19-9-10-26-20(25-19)18(12-23-26)15-3-2-4-16(21)11-15/h2-13H,1H3,(H,24,25)/t13-/m0/s1. The molecule has 6 heteroatoms. The van der Waals surface area contributed by atoms with E-state index in [0.717, 1.165) is 28.2 Å². The van der Waals surface area contributed by atoms with E-state index in [1.807, 2.05) is 43.5 Å². The maximum Gasteiger partial charge on any atom is 0.165 e. The Kier molecular flexibility index (Phi) is 4.31. The Labute approximate surface area is 155 Å². The lowest BCUT2D eigenvalue weighted by Crippen LogP contribution is -2.08. The number of nitrogens with zero attached hydrogens (tertiary/aromatic N) is 3. The van der Waals surface area contributed by atoms with Gasteiger partial charge in [-0.2, -0.15) is 5.10 Å². The second-order valence-electron chi connectivity index (χ2n) is 6.07. The molecule has 2 heterocycles. The lowest BCUT2D eigenvalue weighted by molar-refractivity contribution is 0.626. The average molecular weight is 367 g/mol. The van der Waals surface area contributed by atoms with Gasteiger partial charge in [0.1, 0.15) is 11.6 Å². The minimum absolute atomic E-state index is 0.0110. The lowest BCUT2D eigenvalue weighted by Gasteiger charge is -2.15. The Bertz CT molecular complexity index is 1060. The van der Waals surface area contributed by atoms with Gasteiger partial charge in [-0.15, -0.1) is 0 Å². The van der Waals surface area contributed by atoms with Crippen LogP contribution in [0.5, 0.6) is 0 Å². The molecule has 26 heavy (non-hydrogen) atoms. The predicted octanol–water partition coefficient (Wildman–Crippen LogP) is 5.36. The van der Waals surface area contributed by atoms with Gasteiger partial charge >= 0.3 is 0 Å². The van der Waals surface area contributed by atoms with Crippen molar-refractivity contribution in [1.29, 1.82) is 0 Å². The van der Waals surface area contributed by atoms with E-state index in [4.69, 9.17) is 16.6 Å². The number of benzene rings is 2. The molecule has 4 nitrogen and oxygen atoms in total. The summed E-state index contributed by atoms with van der Waals surface area (Å²) in [6.45, 7) is 2.01. The number of hydrogen-bond donors (Lipinski definition) is 1. The number of hydrogen-bond acceptors (Lipinski definition) is 3. The Morgan fingerprint density at radius 2 is 1.92 bits per heavy atom. The van der Waals surface area contributed by atoms with Crippen molar-refractivity contribution in [3.8, 4) is 11.1 Å². The fourth-order valence-corrected chi connectivity index (χ4v) is 3.06. The first kappa shape index (κ1) is 16.5. The van der Waals surface area contributed by atoms with Crippen LogP contribution in [0.15, 0.2) is 67.0 Å². The molecular weight excluding hydrogens is 351 g/mol. The van der Waals surface area contributed by atoms with Gasteiger partial charge < -0.3 is 5.32 Å². The van der Waals surface area contributed by atoms with Gasteiger partial charge in [0.05, 0.1) is 6.20 Å². The van der Waals surface area contributed by atoms with Crippen LogP contribution in [0.3, 0.4) is 0 Å². The van der Waals surface area contributed by atoms with E-state index in [0.29, 0.717) is 5.02 Å². The van der Waals surface area contributed by atoms with E-state index in [9.17, 15) is 4.39 Å². The molecule has 0 radical (unpaired) electrons. The van der Waals surface area contributed by atoms with E-state index in [1.54, 1.807) is 22.8 Å². The number of halogens is 2. The van der Waals surface area contributed by atoms with Gasteiger partial charge in [0.15, 0.2) is 5.65 Å². The van der Waals surface area contributed by atoms with Crippen LogP contribution in [-0.2, 0) is 0 Å². The van der Waals surface area contributed by atoms with Crippen molar-refractivity contribution in [3.05, 3.63) is 83.4 Å². The Morgan fingerprint density at radius 3 is 2.69 bits per heavy atom.